The minimum Gasteiger partial charge on any atom is -0.508 e. The van der Waals surface area contributed by atoms with Crippen molar-refractivity contribution in [1.82, 2.24) is 0 Å². The molecule has 1 aliphatic rings. The number of phenolic OH excluding ortho intramolecular Hbond substituents is 1. The van der Waals surface area contributed by atoms with Crippen molar-refractivity contribution in [1.29, 1.82) is 0 Å². The van der Waals surface area contributed by atoms with Crippen molar-refractivity contribution in [3.05, 3.63) is 29.8 Å². The van der Waals surface area contributed by atoms with E-state index in [-0.39, 0.29) is 5.75 Å². The Morgan fingerprint density at radius 1 is 0.583 bits per heavy atom. The predicted molar refractivity (Wildman–Crippen MR) is 135 cm³/mol. The number of rotatable bonds is 1. The van der Waals surface area contributed by atoms with Crippen molar-refractivity contribution >= 4 is 159 Å². The summed E-state index contributed by atoms with van der Waals surface area (Å²) in [5.74, 6) is 0.153. The third-order valence-corrected chi connectivity index (χ3v) is 24.5. The SMILES string of the molecule is Oc1ccc(C2(Br)C(Br)(Br)C(Br)(Br)C(O)(Br)C(Br)(Br)C2(Br)Br)cc1. The Morgan fingerprint density at radius 2 is 0.917 bits per heavy atom. The average molecular weight is 981 g/mol. The molecule has 0 spiro atoms. The molecule has 12 heteroatoms. The number of hydrogen-bond acceptors (Lipinski definition) is 2. The average Bonchev–Trinajstić information content (AvgIpc) is 2.45. The van der Waals surface area contributed by atoms with Crippen molar-refractivity contribution in [2.24, 2.45) is 0 Å². The molecule has 24 heavy (non-hydrogen) atoms. The Labute approximate surface area is 223 Å². The van der Waals surface area contributed by atoms with E-state index in [0.29, 0.717) is 0 Å². The van der Waals surface area contributed by atoms with Gasteiger partial charge in [0.05, 0.1) is 0 Å². The number of halogens is 10. The van der Waals surface area contributed by atoms with Crippen LogP contribution in [0.25, 0.3) is 0 Å². The maximum absolute atomic E-state index is 11.3. The second-order valence-electron chi connectivity index (χ2n) is 5.13. The van der Waals surface area contributed by atoms with Gasteiger partial charge in [0.15, 0.2) is 4.51 Å². The van der Waals surface area contributed by atoms with Gasteiger partial charge in [-0.3, -0.25) is 0 Å². The summed E-state index contributed by atoms with van der Waals surface area (Å²) < 4.78 is -6.79. The normalized spacial score (nSPS) is 36.3. The zero-order chi connectivity index (χ0) is 19.0. The van der Waals surface area contributed by atoms with Gasteiger partial charge in [-0.15, -0.1) is 0 Å². The van der Waals surface area contributed by atoms with Crippen LogP contribution in [-0.4, -0.2) is 27.7 Å². The second-order valence-corrected chi connectivity index (χ2v) is 21.2. The van der Waals surface area contributed by atoms with Gasteiger partial charge in [-0.2, -0.15) is 0 Å². The van der Waals surface area contributed by atoms with Crippen LogP contribution in [0.5, 0.6) is 5.75 Å². The fourth-order valence-corrected chi connectivity index (χ4v) is 13.6. The molecule has 0 radical (unpaired) electrons. The van der Waals surface area contributed by atoms with Crippen LogP contribution in [0.2, 0.25) is 0 Å². The quantitative estimate of drug-likeness (QED) is 0.280. The highest BCUT2D eigenvalue weighted by Gasteiger charge is 2.85. The summed E-state index contributed by atoms with van der Waals surface area (Å²) in [5, 5.41) is 20.9. The highest BCUT2D eigenvalue weighted by Crippen LogP contribution is 2.82. The standard InChI is InChI=1S/C12H6Br10O2/c13-7(5-1-3-6(23)4-2-5)8(14,15)10(18,19)12(22,24)11(20,21)9(7,16)17/h1-4,23-24H. The number of phenols is 1. The lowest BCUT2D eigenvalue weighted by Gasteiger charge is -2.66. The van der Waals surface area contributed by atoms with Gasteiger partial charge >= 0.3 is 0 Å². The van der Waals surface area contributed by atoms with Crippen molar-refractivity contribution in [3.8, 4) is 5.75 Å². The molecular weight excluding hydrogens is 975 g/mol. The third-order valence-electron chi connectivity index (χ3n) is 3.75. The number of alkyl halides is 10. The van der Waals surface area contributed by atoms with Gasteiger partial charge in [0.2, 0.25) is 0 Å². The second kappa shape index (κ2) is 7.18. The summed E-state index contributed by atoms with van der Waals surface area (Å²) >= 11 is 36.5. The number of benzene rings is 1. The molecule has 1 aromatic rings. The fraction of sp³-hybridized carbons (Fsp3) is 0.500. The first-order valence-corrected chi connectivity index (χ1v) is 13.8. The molecule has 0 amide bonds. The number of aliphatic hydroxyl groups is 1. The molecular formula is C12H6Br10O2. The molecule has 0 unspecified atom stereocenters. The Hall–Kier alpha value is 3.78. The van der Waals surface area contributed by atoms with Gasteiger partial charge in [0, 0.05) is 0 Å². The molecule has 136 valence electrons. The highest BCUT2D eigenvalue weighted by atomic mass is 79.9. The monoisotopic (exact) mass is 971 g/mol. The smallest absolute Gasteiger partial charge is 0.174 e. The van der Waals surface area contributed by atoms with E-state index < -0.39 is 21.8 Å². The maximum Gasteiger partial charge on any atom is 0.174 e. The van der Waals surface area contributed by atoms with Crippen LogP contribution in [0, 0.1) is 0 Å². The van der Waals surface area contributed by atoms with Crippen LogP contribution < -0.4 is 0 Å². The van der Waals surface area contributed by atoms with Crippen molar-refractivity contribution in [2.75, 3.05) is 0 Å². The molecule has 1 fully saturated rings. The summed E-state index contributed by atoms with van der Waals surface area (Å²) in [7, 11) is 0. The van der Waals surface area contributed by atoms with Crippen LogP contribution in [-0.2, 0) is 4.32 Å². The lowest BCUT2D eigenvalue weighted by molar-refractivity contribution is 0.0911. The zero-order valence-corrected chi connectivity index (χ0v) is 26.8. The summed E-state index contributed by atoms with van der Waals surface area (Å²) in [4.78, 5) is 0. The molecule has 0 aromatic heterocycles. The Kier molecular flexibility index (Phi) is 7.20. The van der Waals surface area contributed by atoms with E-state index in [4.69, 9.17) is 0 Å². The summed E-state index contributed by atoms with van der Waals surface area (Å²) in [6.07, 6.45) is 0. The van der Waals surface area contributed by atoms with Gasteiger partial charge in [0.25, 0.3) is 0 Å². The van der Waals surface area contributed by atoms with Crippen LogP contribution in [0.4, 0.5) is 0 Å². The van der Waals surface area contributed by atoms with E-state index in [2.05, 4.69) is 159 Å². The Morgan fingerprint density at radius 3 is 1.25 bits per heavy atom. The highest BCUT2D eigenvalue weighted by molar-refractivity contribution is 9.33. The molecule has 2 rings (SSSR count). The lowest BCUT2D eigenvalue weighted by atomic mass is 9.81. The van der Waals surface area contributed by atoms with E-state index >= 15 is 0 Å². The van der Waals surface area contributed by atoms with Crippen LogP contribution in [0.3, 0.4) is 0 Å². The Bertz CT molecular complexity index is 622. The van der Waals surface area contributed by atoms with Gasteiger partial charge in [-0.05, 0) is 33.6 Å². The van der Waals surface area contributed by atoms with Crippen LogP contribution in [0.15, 0.2) is 24.3 Å². The first-order valence-electron chi connectivity index (χ1n) is 5.91. The molecule has 0 bridgehead atoms. The van der Waals surface area contributed by atoms with Crippen molar-refractivity contribution in [3.63, 3.8) is 0 Å². The van der Waals surface area contributed by atoms with Crippen LogP contribution in [0.1, 0.15) is 5.56 Å². The van der Waals surface area contributed by atoms with E-state index in [0.717, 1.165) is 5.56 Å². The van der Waals surface area contributed by atoms with E-state index in [1.807, 2.05) is 0 Å². The number of aromatic hydroxyl groups is 1. The molecule has 2 nitrogen and oxygen atoms in total. The van der Waals surface area contributed by atoms with Gasteiger partial charge in [-0.1, -0.05) is 156 Å². The molecule has 0 heterocycles. The van der Waals surface area contributed by atoms with Crippen molar-refractivity contribution < 1.29 is 10.2 Å². The summed E-state index contributed by atoms with van der Waals surface area (Å²) in [6.45, 7) is 0. The van der Waals surface area contributed by atoms with Gasteiger partial charge < -0.3 is 10.2 Å². The molecule has 1 aliphatic carbocycles. The minimum atomic E-state index is -1.57. The molecule has 1 saturated carbocycles. The topological polar surface area (TPSA) is 40.5 Å². The minimum absolute atomic E-state index is 0.153. The Balaban J connectivity index is 2.90. The molecule has 2 N–H and O–H groups in total. The molecule has 1 aromatic carbocycles. The zero-order valence-electron chi connectivity index (χ0n) is 11.0. The fourth-order valence-electron chi connectivity index (χ4n) is 2.30. The molecule has 0 saturated heterocycles. The van der Waals surface area contributed by atoms with E-state index in [1.54, 1.807) is 24.3 Å². The lowest BCUT2D eigenvalue weighted by Crippen LogP contribution is -2.78. The van der Waals surface area contributed by atoms with Crippen molar-refractivity contribution in [2.45, 2.75) is 21.8 Å². The van der Waals surface area contributed by atoms with Gasteiger partial charge in [0.1, 0.15) is 23.0 Å². The number of hydrogen-bond donors (Lipinski definition) is 2. The summed E-state index contributed by atoms with van der Waals surface area (Å²) in [6, 6.07) is 6.74. The molecule has 0 atom stereocenters. The maximum atomic E-state index is 11.3. The predicted octanol–water partition coefficient (Wildman–Crippen LogP) is 8.02. The first kappa shape index (κ1) is 24.1. The van der Waals surface area contributed by atoms with Gasteiger partial charge in [-0.25, -0.2) is 0 Å². The van der Waals surface area contributed by atoms with E-state index in [9.17, 15) is 10.2 Å². The largest absolute Gasteiger partial charge is 0.508 e. The summed E-state index contributed by atoms with van der Waals surface area (Å²) in [5.41, 5.74) is 0.803. The molecule has 0 aliphatic heterocycles. The van der Waals surface area contributed by atoms with E-state index in [1.165, 1.54) is 0 Å². The third kappa shape index (κ3) is 2.91. The first-order chi connectivity index (χ1) is 10.5. The van der Waals surface area contributed by atoms with Crippen LogP contribution >= 0.6 is 159 Å².